The van der Waals surface area contributed by atoms with Gasteiger partial charge in [0, 0.05) is 18.0 Å². The zero-order valence-corrected chi connectivity index (χ0v) is 12.7. The number of hydrogen-bond donors (Lipinski definition) is 1. The predicted octanol–water partition coefficient (Wildman–Crippen LogP) is 4.22. The number of hydrogen-bond acceptors (Lipinski definition) is 4. The van der Waals surface area contributed by atoms with Gasteiger partial charge >= 0.3 is 0 Å². The summed E-state index contributed by atoms with van der Waals surface area (Å²) in [6, 6.07) is 7.23. The van der Waals surface area contributed by atoms with Crippen molar-refractivity contribution in [1.82, 2.24) is 9.97 Å². The molecule has 106 valence electrons. The molecular weight excluding hydrogens is 274 g/mol. The molecule has 0 unspecified atom stereocenters. The summed E-state index contributed by atoms with van der Waals surface area (Å²) < 4.78 is 5.84. The summed E-state index contributed by atoms with van der Waals surface area (Å²) in [5.41, 5.74) is 0.902. The maximum absolute atomic E-state index is 5.87. The Kier molecular flexibility index (Phi) is 4.79. The van der Waals surface area contributed by atoms with E-state index in [0.29, 0.717) is 16.7 Å². The van der Waals surface area contributed by atoms with Crippen molar-refractivity contribution in [3.63, 3.8) is 0 Å². The Labute approximate surface area is 124 Å². The van der Waals surface area contributed by atoms with Gasteiger partial charge in [-0.2, -0.15) is 4.98 Å². The molecule has 0 amide bonds. The average Bonchev–Trinajstić information content (AvgIpc) is 2.45. The number of benzene rings is 1. The number of halogens is 1. The van der Waals surface area contributed by atoms with Crippen molar-refractivity contribution in [1.29, 1.82) is 0 Å². The molecule has 0 aliphatic heterocycles. The predicted molar refractivity (Wildman–Crippen MR) is 81.8 cm³/mol. The van der Waals surface area contributed by atoms with Crippen molar-refractivity contribution in [3.05, 3.63) is 40.7 Å². The second-order valence-electron chi connectivity index (χ2n) is 4.36. The first-order valence-electron chi connectivity index (χ1n) is 6.68. The van der Waals surface area contributed by atoms with Crippen LogP contribution in [0.15, 0.2) is 24.3 Å². The third-order valence-corrected chi connectivity index (χ3v) is 3.09. The van der Waals surface area contributed by atoms with Crippen molar-refractivity contribution < 1.29 is 4.74 Å². The van der Waals surface area contributed by atoms with Gasteiger partial charge in [0.1, 0.15) is 17.4 Å². The lowest BCUT2D eigenvalue weighted by Crippen LogP contribution is -2.07. The van der Waals surface area contributed by atoms with Gasteiger partial charge in [0.2, 0.25) is 5.88 Å². The highest BCUT2D eigenvalue weighted by atomic mass is 35.5. The van der Waals surface area contributed by atoms with Gasteiger partial charge in [-0.3, -0.25) is 0 Å². The van der Waals surface area contributed by atoms with E-state index in [0.717, 1.165) is 30.2 Å². The highest BCUT2D eigenvalue weighted by Crippen LogP contribution is 2.27. The molecule has 0 bridgehead atoms. The molecule has 0 atom stereocenters. The molecule has 1 heterocycles. The topological polar surface area (TPSA) is 47.0 Å². The highest BCUT2D eigenvalue weighted by Gasteiger charge is 2.11. The molecule has 4 nitrogen and oxygen atoms in total. The summed E-state index contributed by atoms with van der Waals surface area (Å²) in [7, 11) is 0. The van der Waals surface area contributed by atoms with E-state index in [2.05, 4.69) is 15.3 Å². The lowest BCUT2D eigenvalue weighted by atomic mass is 10.3. The minimum atomic E-state index is 0.579. The van der Waals surface area contributed by atoms with Crippen molar-refractivity contribution >= 4 is 17.4 Å². The maximum atomic E-state index is 5.87. The molecule has 5 heteroatoms. The van der Waals surface area contributed by atoms with Crippen molar-refractivity contribution in [3.8, 4) is 11.6 Å². The Bertz CT molecular complexity index is 584. The van der Waals surface area contributed by atoms with Crippen LogP contribution >= 0.6 is 11.6 Å². The summed E-state index contributed by atoms with van der Waals surface area (Å²) in [6.45, 7) is 6.81. The fraction of sp³-hybridized carbons (Fsp3) is 0.333. The fourth-order valence-electron chi connectivity index (χ4n) is 1.75. The lowest BCUT2D eigenvalue weighted by molar-refractivity contribution is 0.455. The first-order valence-corrected chi connectivity index (χ1v) is 7.06. The zero-order valence-electron chi connectivity index (χ0n) is 11.9. The molecule has 20 heavy (non-hydrogen) atoms. The third kappa shape index (κ3) is 3.39. The van der Waals surface area contributed by atoms with Gasteiger partial charge < -0.3 is 10.1 Å². The van der Waals surface area contributed by atoms with Crippen LogP contribution in [0, 0.1) is 6.92 Å². The molecule has 0 spiro atoms. The van der Waals surface area contributed by atoms with Gasteiger partial charge in [-0.05, 0) is 38.1 Å². The van der Waals surface area contributed by atoms with Crippen LogP contribution in [0.3, 0.4) is 0 Å². The molecule has 1 aromatic carbocycles. The highest BCUT2D eigenvalue weighted by molar-refractivity contribution is 6.30. The average molecular weight is 292 g/mol. The molecular formula is C15H18ClN3O. The molecule has 0 radical (unpaired) electrons. The monoisotopic (exact) mass is 291 g/mol. The Morgan fingerprint density at radius 1 is 1.15 bits per heavy atom. The van der Waals surface area contributed by atoms with Crippen molar-refractivity contribution in [2.24, 2.45) is 0 Å². The van der Waals surface area contributed by atoms with Crippen LogP contribution in [0.5, 0.6) is 11.6 Å². The fourth-order valence-corrected chi connectivity index (χ4v) is 1.88. The summed E-state index contributed by atoms with van der Waals surface area (Å²) in [5, 5.41) is 3.91. The summed E-state index contributed by atoms with van der Waals surface area (Å²) >= 11 is 5.87. The van der Waals surface area contributed by atoms with Crippen LogP contribution in [0.4, 0.5) is 5.82 Å². The van der Waals surface area contributed by atoms with Gasteiger partial charge in [0.15, 0.2) is 0 Å². The molecule has 2 aromatic rings. The number of nitrogens with one attached hydrogen (secondary N) is 1. The molecule has 2 rings (SSSR count). The normalized spacial score (nSPS) is 10.4. The van der Waals surface area contributed by atoms with Crippen LogP contribution in [0.25, 0.3) is 0 Å². The van der Waals surface area contributed by atoms with Crippen LogP contribution in [-0.4, -0.2) is 16.5 Å². The SMILES string of the molecule is CCNc1nc(CC)nc(Oc2ccc(Cl)cc2)c1C. The van der Waals surface area contributed by atoms with Gasteiger partial charge in [0.25, 0.3) is 0 Å². The second kappa shape index (κ2) is 6.57. The first kappa shape index (κ1) is 14.6. The van der Waals surface area contributed by atoms with Crippen LogP contribution in [0.2, 0.25) is 5.02 Å². The smallest absolute Gasteiger partial charge is 0.227 e. The van der Waals surface area contributed by atoms with Crippen molar-refractivity contribution in [2.45, 2.75) is 27.2 Å². The maximum Gasteiger partial charge on any atom is 0.227 e. The van der Waals surface area contributed by atoms with E-state index >= 15 is 0 Å². The Balaban J connectivity index is 2.34. The number of aromatic nitrogens is 2. The van der Waals surface area contributed by atoms with Crippen molar-refractivity contribution in [2.75, 3.05) is 11.9 Å². The van der Waals surface area contributed by atoms with E-state index in [4.69, 9.17) is 16.3 Å². The summed E-state index contributed by atoms with van der Waals surface area (Å²) in [5.74, 6) is 2.87. The molecule has 0 aliphatic carbocycles. The largest absolute Gasteiger partial charge is 0.439 e. The number of aryl methyl sites for hydroxylation is 1. The van der Waals surface area contributed by atoms with Gasteiger partial charge in [-0.25, -0.2) is 4.98 Å². The van der Waals surface area contributed by atoms with Crippen LogP contribution < -0.4 is 10.1 Å². The minimum absolute atomic E-state index is 0.579. The van der Waals surface area contributed by atoms with E-state index in [9.17, 15) is 0 Å². The Morgan fingerprint density at radius 3 is 2.45 bits per heavy atom. The van der Waals surface area contributed by atoms with Gasteiger partial charge in [-0.15, -0.1) is 0 Å². The second-order valence-corrected chi connectivity index (χ2v) is 4.79. The third-order valence-electron chi connectivity index (χ3n) is 2.84. The standard InChI is InChI=1S/C15H18ClN3O/c1-4-13-18-14(17-5-2)10(3)15(19-13)20-12-8-6-11(16)7-9-12/h6-9H,4-5H2,1-3H3,(H,17,18,19). The molecule has 0 saturated carbocycles. The number of ether oxygens (including phenoxy) is 1. The molecule has 0 aliphatic rings. The van der Waals surface area contributed by atoms with E-state index in [1.165, 1.54) is 0 Å². The zero-order chi connectivity index (χ0) is 14.5. The van der Waals surface area contributed by atoms with E-state index in [-0.39, 0.29) is 0 Å². The van der Waals surface area contributed by atoms with Gasteiger partial charge in [-0.1, -0.05) is 18.5 Å². The Hall–Kier alpha value is -1.81. The lowest BCUT2D eigenvalue weighted by Gasteiger charge is -2.13. The Morgan fingerprint density at radius 2 is 1.85 bits per heavy atom. The quantitative estimate of drug-likeness (QED) is 0.896. The van der Waals surface area contributed by atoms with Gasteiger partial charge in [0.05, 0.1) is 5.56 Å². The molecule has 1 aromatic heterocycles. The van der Waals surface area contributed by atoms with Crippen LogP contribution in [-0.2, 0) is 6.42 Å². The van der Waals surface area contributed by atoms with E-state index in [1.54, 1.807) is 12.1 Å². The molecule has 1 N–H and O–H groups in total. The van der Waals surface area contributed by atoms with Crippen LogP contribution in [0.1, 0.15) is 25.2 Å². The first-order chi connectivity index (χ1) is 9.63. The summed E-state index contributed by atoms with van der Waals surface area (Å²) in [6.07, 6.45) is 0.760. The molecule has 0 fully saturated rings. The van der Waals surface area contributed by atoms with E-state index < -0.39 is 0 Å². The number of nitrogens with zero attached hydrogens (tertiary/aromatic N) is 2. The minimum Gasteiger partial charge on any atom is -0.439 e. The number of anilines is 1. The molecule has 0 saturated heterocycles. The van der Waals surface area contributed by atoms with E-state index in [1.807, 2.05) is 32.9 Å². The number of rotatable bonds is 5. The summed E-state index contributed by atoms with van der Waals surface area (Å²) in [4.78, 5) is 8.92.